The summed E-state index contributed by atoms with van der Waals surface area (Å²) in [6.45, 7) is 11.5. The first-order valence-corrected chi connectivity index (χ1v) is 5.88. The summed E-state index contributed by atoms with van der Waals surface area (Å²) in [6.07, 6.45) is 2.77. The number of nitrogens with one attached hydrogen (secondary N) is 1. The number of ether oxygens (including phenoxy) is 1. The normalized spacial score (nSPS) is 22.1. The van der Waals surface area contributed by atoms with Crippen molar-refractivity contribution in [1.29, 1.82) is 0 Å². The Bertz CT molecular complexity index is 194. The van der Waals surface area contributed by atoms with Crippen LogP contribution < -0.4 is 5.32 Å². The van der Waals surface area contributed by atoms with Crippen molar-refractivity contribution in [3.8, 4) is 0 Å². The van der Waals surface area contributed by atoms with Crippen LogP contribution in [0.4, 0.5) is 0 Å². The van der Waals surface area contributed by atoms with Crippen LogP contribution in [0.15, 0.2) is 12.2 Å². The van der Waals surface area contributed by atoms with Crippen LogP contribution in [0.5, 0.6) is 0 Å². The van der Waals surface area contributed by atoms with E-state index in [2.05, 4.69) is 23.7 Å². The summed E-state index contributed by atoms with van der Waals surface area (Å²) in [6, 6.07) is 0. The Morgan fingerprint density at radius 2 is 2.40 bits per heavy atom. The summed E-state index contributed by atoms with van der Waals surface area (Å²) in [5, 5.41) is 3.38. The lowest BCUT2D eigenvalue weighted by Crippen LogP contribution is -2.28. The first kappa shape index (κ1) is 12.7. The highest BCUT2D eigenvalue weighted by molar-refractivity contribution is 5.01. The monoisotopic (exact) mass is 212 g/mol. The lowest BCUT2D eigenvalue weighted by molar-refractivity contribution is 0.109. The second-order valence-electron chi connectivity index (χ2n) is 4.31. The van der Waals surface area contributed by atoms with Crippen LogP contribution in [0.1, 0.15) is 19.8 Å². The highest BCUT2D eigenvalue weighted by Crippen LogP contribution is 2.12. The largest absolute Gasteiger partial charge is 0.380 e. The standard InChI is InChI=1S/C12H24N2O/c1-4-6-13-8-11(2)9-14-7-5-12(10-14)15-3/h12-13H,2,4-10H2,1,3H3. The minimum Gasteiger partial charge on any atom is -0.380 e. The van der Waals surface area contributed by atoms with E-state index in [-0.39, 0.29) is 0 Å². The fourth-order valence-corrected chi connectivity index (χ4v) is 1.95. The van der Waals surface area contributed by atoms with E-state index in [9.17, 15) is 0 Å². The van der Waals surface area contributed by atoms with Crippen molar-refractivity contribution in [2.45, 2.75) is 25.9 Å². The molecule has 0 aromatic rings. The highest BCUT2D eigenvalue weighted by Gasteiger charge is 2.21. The third-order valence-electron chi connectivity index (χ3n) is 2.81. The van der Waals surface area contributed by atoms with Gasteiger partial charge in [-0.15, -0.1) is 0 Å². The SMILES string of the molecule is C=C(CNCCC)CN1CCC(OC)C1. The van der Waals surface area contributed by atoms with Gasteiger partial charge in [0, 0.05) is 33.3 Å². The molecule has 0 spiro atoms. The lowest BCUT2D eigenvalue weighted by Gasteiger charge is -2.17. The van der Waals surface area contributed by atoms with E-state index in [1.165, 1.54) is 12.0 Å². The Morgan fingerprint density at radius 3 is 3.00 bits per heavy atom. The molecule has 1 rings (SSSR count). The maximum Gasteiger partial charge on any atom is 0.0710 e. The van der Waals surface area contributed by atoms with Gasteiger partial charge in [-0.3, -0.25) is 4.90 Å². The zero-order valence-corrected chi connectivity index (χ0v) is 10.1. The second kappa shape index (κ2) is 6.99. The minimum atomic E-state index is 0.432. The number of hydrogen-bond donors (Lipinski definition) is 1. The molecule has 0 saturated carbocycles. The zero-order chi connectivity index (χ0) is 11.1. The molecular formula is C12H24N2O. The summed E-state index contributed by atoms with van der Waals surface area (Å²) >= 11 is 0. The van der Waals surface area contributed by atoms with Gasteiger partial charge in [0.2, 0.25) is 0 Å². The van der Waals surface area contributed by atoms with Crippen LogP contribution in [0.3, 0.4) is 0 Å². The third-order valence-corrected chi connectivity index (χ3v) is 2.81. The first-order valence-electron chi connectivity index (χ1n) is 5.88. The van der Waals surface area contributed by atoms with Crippen molar-refractivity contribution in [2.24, 2.45) is 0 Å². The van der Waals surface area contributed by atoms with Gasteiger partial charge in [-0.05, 0) is 25.0 Å². The summed E-state index contributed by atoms with van der Waals surface area (Å²) < 4.78 is 5.33. The molecule has 0 aromatic heterocycles. The van der Waals surface area contributed by atoms with Gasteiger partial charge in [-0.1, -0.05) is 13.5 Å². The number of likely N-dealkylation sites (tertiary alicyclic amines) is 1. The van der Waals surface area contributed by atoms with Crippen molar-refractivity contribution in [3.63, 3.8) is 0 Å². The molecule has 1 aliphatic rings. The van der Waals surface area contributed by atoms with Gasteiger partial charge in [0.15, 0.2) is 0 Å². The number of methoxy groups -OCH3 is 1. The maximum absolute atomic E-state index is 5.33. The van der Waals surface area contributed by atoms with Gasteiger partial charge in [0.05, 0.1) is 6.10 Å². The van der Waals surface area contributed by atoms with Gasteiger partial charge in [-0.2, -0.15) is 0 Å². The summed E-state index contributed by atoms with van der Waals surface area (Å²) in [7, 11) is 1.80. The van der Waals surface area contributed by atoms with E-state index >= 15 is 0 Å². The molecule has 1 saturated heterocycles. The molecule has 1 heterocycles. The van der Waals surface area contributed by atoms with E-state index in [0.717, 1.165) is 39.1 Å². The molecule has 0 bridgehead atoms. The predicted molar refractivity (Wildman–Crippen MR) is 64.2 cm³/mol. The Morgan fingerprint density at radius 1 is 1.60 bits per heavy atom. The fourth-order valence-electron chi connectivity index (χ4n) is 1.95. The third kappa shape index (κ3) is 4.78. The van der Waals surface area contributed by atoms with Crippen LogP contribution in [-0.4, -0.2) is 50.8 Å². The molecule has 3 heteroatoms. The summed E-state index contributed by atoms with van der Waals surface area (Å²) in [5.41, 5.74) is 1.28. The van der Waals surface area contributed by atoms with E-state index in [4.69, 9.17) is 4.74 Å². The lowest BCUT2D eigenvalue weighted by atomic mass is 10.3. The second-order valence-corrected chi connectivity index (χ2v) is 4.31. The van der Waals surface area contributed by atoms with Crippen LogP contribution in [0, 0.1) is 0 Å². The Balaban J connectivity index is 2.10. The van der Waals surface area contributed by atoms with Gasteiger partial charge in [-0.25, -0.2) is 0 Å². The van der Waals surface area contributed by atoms with E-state index in [1.807, 2.05) is 0 Å². The van der Waals surface area contributed by atoms with Crippen LogP contribution in [0.2, 0.25) is 0 Å². The quantitative estimate of drug-likeness (QED) is 0.508. The molecule has 15 heavy (non-hydrogen) atoms. The van der Waals surface area contributed by atoms with Crippen molar-refractivity contribution < 1.29 is 4.74 Å². The van der Waals surface area contributed by atoms with Gasteiger partial charge in [0.25, 0.3) is 0 Å². The molecule has 1 aliphatic heterocycles. The first-order chi connectivity index (χ1) is 7.26. The Kier molecular flexibility index (Phi) is 5.91. The van der Waals surface area contributed by atoms with E-state index < -0.39 is 0 Å². The van der Waals surface area contributed by atoms with Crippen LogP contribution >= 0.6 is 0 Å². The Hall–Kier alpha value is -0.380. The van der Waals surface area contributed by atoms with Gasteiger partial charge in [0.1, 0.15) is 0 Å². The van der Waals surface area contributed by atoms with Crippen molar-refractivity contribution >= 4 is 0 Å². The molecule has 88 valence electrons. The molecule has 0 radical (unpaired) electrons. The van der Waals surface area contributed by atoms with Crippen molar-refractivity contribution in [2.75, 3.05) is 39.8 Å². The molecular weight excluding hydrogens is 188 g/mol. The fraction of sp³-hybridized carbons (Fsp3) is 0.833. The van der Waals surface area contributed by atoms with Crippen LogP contribution in [-0.2, 0) is 4.74 Å². The minimum absolute atomic E-state index is 0.432. The summed E-state index contributed by atoms with van der Waals surface area (Å²) in [5.74, 6) is 0. The van der Waals surface area contributed by atoms with Gasteiger partial charge >= 0.3 is 0 Å². The molecule has 0 aromatic carbocycles. The smallest absolute Gasteiger partial charge is 0.0710 e. The molecule has 3 nitrogen and oxygen atoms in total. The average Bonchev–Trinajstić information content (AvgIpc) is 2.66. The molecule has 0 amide bonds. The molecule has 1 atom stereocenters. The molecule has 1 fully saturated rings. The van der Waals surface area contributed by atoms with E-state index in [0.29, 0.717) is 6.10 Å². The molecule has 1 unspecified atom stereocenters. The summed E-state index contributed by atoms with van der Waals surface area (Å²) in [4.78, 5) is 2.42. The molecule has 0 aliphatic carbocycles. The average molecular weight is 212 g/mol. The molecule has 1 N–H and O–H groups in total. The van der Waals surface area contributed by atoms with Gasteiger partial charge < -0.3 is 10.1 Å². The van der Waals surface area contributed by atoms with Crippen molar-refractivity contribution in [1.82, 2.24) is 10.2 Å². The number of rotatable bonds is 7. The number of hydrogen-bond acceptors (Lipinski definition) is 3. The topological polar surface area (TPSA) is 24.5 Å². The zero-order valence-electron chi connectivity index (χ0n) is 10.1. The van der Waals surface area contributed by atoms with Crippen molar-refractivity contribution in [3.05, 3.63) is 12.2 Å². The van der Waals surface area contributed by atoms with E-state index in [1.54, 1.807) is 7.11 Å². The Labute approximate surface area is 93.5 Å². The highest BCUT2D eigenvalue weighted by atomic mass is 16.5. The van der Waals surface area contributed by atoms with Crippen LogP contribution in [0.25, 0.3) is 0 Å². The predicted octanol–water partition coefficient (Wildman–Crippen LogP) is 1.26. The number of nitrogens with zero attached hydrogens (tertiary/aromatic N) is 1. The maximum atomic E-state index is 5.33.